The zero-order valence-corrected chi connectivity index (χ0v) is 7.38. The average Bonchev–Trinajstić information content (AvgIpc) is 2.33. The van der Waals surface area contributed by atoms with Gasteiger partial charge in [0.25, 0.3) is 0 Å². The SMILES string of the molecule is CC1Cc2c[se]cc2OO1. The van der Waals surface area contributed by atoms with Gasteiger partial charge in [-0.05, 0) is 0 Å². The summed E-state index contributed by atoms with van der Waals surface area (Å²) in [4.78, 5) is 14.4. The van der Waals surface area contributed by atoms with E-state index in [1.807, 2.05) is 6.92 Å². The van der Waals surface area contributed by atoms with Crippen LogP contribution in [0.2, 0.25) is 0 Å². The minimum atomic E-state index is 0.220. The quantitative estimate of drug-likeness (QED) is 0.462. The van der Waals surface area contributed by atoms with Crippen molar-refractivity contribution < 1.29 is 9.78 Å². The van der Waals surface area contributed by atoms with Gasteiger partial charge in [-0.3, -0.25) is 0 Å². The molecule has 0 radical (unpaired) electrons. The fourth-order valence-corrected chi connectivity index (χ4v) is 2.60. The summed E-state index contributed by atoms with van der Waals surface area (Å²) in [6.07, 6.45) is 1.23. The molecule has 0 bridgehead atoms. The first-order valence-electron chi connectivity index (χ1n) is 3.24. The first-order valence-corrected chi connectivity index (χ1v) is 5.22. The van der Waals surface area contributed by atoms with Gasteiger partial charge in [-0.25, -0.2) is 0 Å². The van der Waals surface area contributed by atoms with Gasteiger partial charge in [-0.15, -0.1) is 0 Å². The van der Waals surface area contributed by atoms with Gasteiger partial charge in [0.2, 0.25) is 0 Å². The van der Waals surface area contributed by atoms with Crippen LogP contribution in [-0.4, -0.2) is 20.6 Å². The van der Waals surface area contributed by atoms with Crippen molar-refractivity contribution in [1.29, 1.82) is 0 Å². The van der Waals surface area contributed by atoms with Crippen LogP contribution in [0.4, 0.5) is 0 Å². The minimum absolute atomic E-state index is 0.220. The fraction of sp³-hybridized carbons (Fsp3) is 0.429. The van der Waals surface area contributed by atoms with Gasteiger partial charge in [-0.1, -0.05) is 0 Å². The van der Waals surface area contributed by atoms with Gasteiger partial charge in [0.05, 0.1) is 0 Å². The molecule has 1 atom stereocenters. The Morgan fingerprint density at radius 3 is 3.40 bits per heavy atom. The van der Waals surface area contributed by atoms with Crippen molar-refractivity contribution in [2.75, 3.05) is 0 Å². The molecule has 2 rings (SSSR count). The Kier molecular flexibility index (Phi) is 1.57. The maximum atomic E-state index is 5.02. The van der Waals surface area contributed by atoms with Crippen LogP contribution in [0, 0.1) is 0 Å². The van der Waals surface area contributed by atoms with E-state index in [1.54, 1.807) is 0 Å². The standard InChI is InChI=1S/C7H8O2Se/c1-5-2-6-3-10-4-7(6)9-8-5/h3-5H,2H2,1H3. The van der Waals surface area contributed by atoms with Crippen molar-refractivity contribution in [3.05, 3.63) is 15.4 Å². The van der Waals surface area contributed by atoms with Crippen LogP contribution >= 0.6 is 0 Å². The number of hydrogen-bond acceptors (Lipinski definition) is 2. The monoisotopic (exact) mass is 204 g/mol. The van der Waals surface area contributed by atoms with Crippen molar-refractivity contribution in [2.24, 2.45) is 0 Å². The second kappa shape index (κ2) is 2.42. The van der Waals surface area contributed by atoms with E-state index >= 15 is 0 Å². The molecule has 0 spiro atoms. The van der Waals surface area contributed by atoms with Gasteiger partial charge >= 0.3 is 64.9 Å². The van der Waals surface area contributed by atoms with E-state index in [0.29, 0.717) is 14.5 Å². The first-order chi connectivity index (χ1) is 4.86. The van der Waals surface area contributed by atoms with E-state index in [1.165, 1.54) is 5.56 Å². The Morgan fingerprint density at radius 1 is 1.60 bits per heavy atom. The Hall–Kier alpha value is -0.241. The third-order valence-electron chi connectivity index (χ3n) is 1.51. The number of rotatable bonds is 0. The molecule has 0 aliphatic carbocycles. The van der Waals surface area contributed by atoms with Crippen molar-refractivity contribution in [2.45, 2.75) is 19.4 Å². The molecule has 0 fully saturated rings. The van der Waals surface area contributed by atoms with Crippen LogP contribution in [0.5, 0.6) is 5.75 Å². The molecule has 0 saturated carbocycles. The summed E-state index contributed by atoms with van der Waals surface area (Å²) >= 11 is 0.512. The molecule has 1 unspecified atom stereocenters. The average molecular weight is 203 g/mol. The third-order valence-corrected chi connectivity index (χ3v) is 3.13. The Labute approximate surface area is 65.4 Å². The molecule has 0 aromatic carbocycles. The van der Waals surface area contributed by atoms with Gasteiger partial charge in [0.1, 0.15) is 0 Å². The summed E-state index contributed by atoms with van der Waals surface area (Å²) in [6, 6.07) is 0. The molecule has 0 amide bonds. The number of hydrogen-bond donors (Lipinski definition) is 0. The van der Waals surface area contributed by atoms with Gasteiger partial charge in [-0.2, -0.15) is 0 Å². The zero-order valence-electron chi connectivity index (χ0n) is 5.66. The van der Waals surface area contributed by atoms with E-state index in [0.717, 1.165) is 12.2 Å². The van der Waals surface area contributed by atoms with Crippen molar-refractivity contribution >= 4 is 14.5 Å². The Morgan fingerprint density at radius 2 is 2.50 bits per heavy atom. The second-order valence-electron chi connectivity index (χ2n) is 2.46. The molecule has 2 nitrogen and oxygen atoms in total. The van der Waals surface area contributed by atoms with E-state index in [2.05, 4.69) is 9.88 Å². The molecule has 10 heavy (non-hydrogen) atoms. The fourth-order valence-electron chi connectivity index (χ4n) is 1.01. The van der Waals surface area contributed by atoms with Crippen LogP contribution in [0.25, 0.3) is 0 Å². The van der Waals surface area contributed by atoms with E-state index < -0.39 is 0 Å². The molecule has 1 aromatic heterocycles. The summed E-state index contributed by atoms with van der Waals surface area (Å²) in [5.41, 5.74) is 1.33. The van der Waals surface area contributed by atoms with Crippen LogP contribution in [0.1, 0.15) is 12.5 Å². The van der Waals surface area contributed by atoms with Crippen LogP contribution in [-0.2, 0) is 11.3 Å². The van der Waals surface area contributed by atoms with E-state index in [9.17, 15) is 0 Å². The first kappa shape index (κ1) is 6.47. The summed E-state index contributed by atoms with van der Waals surface area (Å²) in [7, 11) is 0. The molecular weight excluding hydrogens is 195 g/mol. The van der Waals surface area contributed by atoms with Crippen LogP contribution < -0.4 is 4.89 Å². The third kappa shape index (κ3) is 1.01. The molecule has 3 heteroatoms. The van der Waals surface area contributed by atoms with E-state index in [4.69, 9.17) is 9.78 Å². The molecule has 0 saturated heterocycles. The summed E-state index contributed by atoms with van der Waals surface area (Å²) in [6.45, 7) is 2.02. The molecule has 2 heterocycles. The van der Waals surface area contributed by atoms with Gasteiger partial charge in [0, 0.05) is 0 Å². The maximum absolute atomic E-state index is 5.02. The predicted molar refractivity (Wildman–Crippen MR) is 38.3 cm³/mol. The van der Waals surface area contributed by atoms with Crippen molar-refractivity contribution in [1.82, 2.24) is 0 Å². The second-order valence-corrected chi connectivity index (χ2v) is 4.02. The van der Waals surface area contributed by atoms with Crippen LogP contribution in [0.15, 0.2) is 9.88 Å². The molecular formula is C7H8O2Se. The van der Waals surface area contributed by atoms with Crippen LogP contribution in [0.3, 0.4) is 0 Å². The Bertz CT molecular complexity index is 231. The van der Waals surface area contributed by atoms with Crippen molar-refractivity contribution in [3.8, 4) is 5.75 Å². The molecule has 1 aliphatic heterocycles. The summed E-state index contributed by atoms with van der Waals surface area (Å²) < 4.78 is 0. The predicted octanol–water partition coefficient (Wildman–Crippen LogP) is 0.999. The molecule has 0 N–H and O–H groups in total. The normalized spacial score (nSPS) is 23.5. The topological polar surface area (TPSA) is 18.5 Å². The zero-order chi connectivity index (χ0) is 6.97. The summed E-state index contributed by atoms with van der Waals surface area (Å²) in [5.74, 6) is 0.957. The Balaban J connectivity index is 2.30. The molecule has 1 aromatic rings. The van der Waals surface area contributed by atoms with E-state index in [-0.39, 0.29) is 6.10 Å². The molecule has 1 aliphatic rings. The number of fused-ring (bicyclic) bond motifs is 1. The van der Waals surface area contributed by atoms with Gasteiger partial charge in [0.15, 0.2) is 0 Å². The van der Waals surface area contributed by atoms with Gasteiger partial charge < -0.3 is 0 Å². The summed E-state index contributed by atoms with van der Waals surface area (Å²) in [5, 5.41) is 0. The molecule has 54 valence electrons. The van der Waals surface area contributed by atoms with Crippen molar-refractivity contribution in [3.63, 3.8) is 0 Å².